The molecule has 1 heterocycles. The van der Waals surface area contributed by atoms with Crippen molar-refractivity contribution >= 4 is 11.9 Å². The average molecular weight is 286 g/mol. The highest BCUT2D eigenvalue weighted by Crippen LogP contribution is 2.18. The first-order chi connectivity index (χ1) is 9.97. The van der Waals surface area contributed by atoms with Crippen LogP contribution in [0.3, 0.4) is 0 Å². The molecular formula is C15H22N6. The highest BCUT2D eigenvalue weighted by molar-refractivity contribution is 5.33. The van der Waals surface area contributed by atoms with Gasteiger partial charge in [-0.1, -0.05) is 30.3 Å². The number of nitrogens with two attached hydrogens (primary N) is 1. The van der Waals surface area contributed by atoms with Gasteiger partial charge in [0.2, 0.25) is 11.9 Å². The topological polar surface area (TPSA) is 80.0 Å². The Morgan fingerprint density at radius 1 is 1.00 bits per heavy atom. The van der Waals surface area contributed by atoms with Crippen LogP contribution in [0.1, 0.15) is 37.3 Å². The Morgan fingerprint density at radius 3 is 2.29 bits per heavy atom. The van der Waals surface area contributed by atoms with Gasteiger partial charge in [0.05, 0.1) is 6.04 Å². The third kappa shape index (κ3) is 3.88. The first kappa shape index (κ1) is 15.2. The summed E-state index contributed by atoms with van der Waals surface area (Å²) < 4.78 is 0. The number of benzene rings is 1. The molecule has 112 valence electrons. The van der Waals surface area contributed by atoms with E-state index >= 15 is 0 Å². The molecule has 21 heavy (non-hydrogen) atoms. The van der Waals surface area contributed by atoms with Gasteiger partial charge in [0.1, 0.15) is 0 Å². The molecule has 0 aliphatic heterocycles. The number of nitrogens with zero attached hydrogens (tertiary/aromatic N) is 4. The summed E-state index contributed by atoms with van der Waals surface area (Å²) in [6, 6.07) is 10.4. The van der Waals surface area contributed by atoms with Crippen molar-refractivity contribution < 1.29 is 0 Å². The van der Waals surface area contributed by atoms with Gasteiger partial charge in [-0.15, -0.1) is 0 Å². The molecule has 6 nitrogen and oxygen atoms in total. The predicted molar refractivity (Wildman–Crippen MR) is 85.0 cm³/mol. The smallest absolute Gasteiger partial charge is 0.229 e. The van der Waals surface area contributed by atoms with E-state index in [0.717, 1.165) is 0 Å². The number of hydrogen-bond donors (Lipinski definition) is 2. The molecule has 0 saturated heterocycles. The van der Waals surface area contributed by atoms with Crippen LogP contribution >= 0.6 is 0 Å². The molecule has 0 aliphatic carbocycles. The van der Waals surface area contributed by atoms with Crippen molar-refractivity contribution in [3.8, 4) is 0 Å². The lowest BCUT2D eigenvalue weighted by Gasteiger charge is -2.20. The number of aromatic nitrogens is 3. The molecule has 6 heteroatoms. The van der Waals surface area contributed by atoms with Crippen molar-refractivity contribution in [2.75, 3.05) is 24.7 Å². The van der Waals surface area contributed by atoms with Crippen LogP contribution in [0.15, 0.2) is 30.3 Å². The van der Waals surface area contributed by atoms with Crippen molar-refractivity contribution in [1.29, 1.82) is 0 Å². The molecule has 1 aromatic carbocycles. The summed E-state index contributed by atoms with van der Waals surface area (Å²) in [7, 11) is 3.76. The van der Waals surface area contributed by atoms with Gasteiger partial charge >= 0.3 is 0 Å². The fraction of sp³-hybridized carbons (Fsp3) is 0.400. The van der Waals surface area contributed by atoms with E-state index in [9.17, 15) is 0 Å². The van der Waals surface area contributed by atoms with Gasteiger partial charge in [0.25, 0.3) is 0 Å². The van der Waals surface area contributed by atoms with E-state index in [4.69, 9.17) is 5.73 Å². The van der Waals surface area contributed by atoms with E-state index in [1.165, 1.54) is 5.56 Å². The molecule has 2 atom stereocenters. The molecule has 0 amide bonds. The molecule has 0 saturated carbocycles. The Kier molecular flexibility index (Phi) is 4.70. The van der Waals surface area contributed by atoms with Gasteiger partial charge in [-0.05, 0) is 19.4 Å². The quantitative estimate of drug-likeness (QED) is 0.874. The van der Waals surface area contributed by atoms with Gasteiger partial charge in [0.15, 0.2) is 5.82 Å². The van der Waals surface area contributed by atoms with E-state index in [-0.39, 0.29) is 18.0 Å². The van der Waals surface area contributed by atoms with Gasteiger partial charge in [-0.2, -0.15) is 15.0 Å². The van der Waals surface area contributed by atoms with Crippen LogP contribution in [0.25, 0.3) is 0 Å². The molecule has 1 aromatic heterocycles. The van der Waals surface area contributed by atoms with E-state index in [1.54, 1.807) is 0 Å². The molecule has 0 aliphatic rings. The predicted octanol–water partition coefficient (Wildman–Crippen LogP) is 1.93. The lowest BCUT2D eigenvalue weighted by Crippen LogP contribution is -2.26. The highest BCUT2D eigenvalue weighted by atomic mass is 15.3. The summed E-state index contributed by atoms with van der Waals surface area (Å²) in [5, 5.41) is 3.48. The van der Waals surface area contributed by atoms with Crippen molar-refractivity contribution in [3.63, 3.8) is 0 Å². The number of rotatable bonds is 5. The van der Waals surface area contributed by atoms with Gasteiger partial charge < -0.3 is 16.0 Å². The normalized spacial score (nSPS) is 13.7. The van der Waals surface area contributed by atoms with Crippen LogP contribution in [0.4, 0.5) is 11.9 Å². The lowest BCUT2D eigenvalue weighted by atomic mass is 10.1. The Bertz CT molecular complexity index is 584. The van der Waals surface area contributed by atoms with E-state index < -0.39 is 0 Å². The minimum Gasteiger partial charge on any atom is -0.368 e. The largest absolute Gasteiger partial charge is 0.368 e. The summed E-state index contributed by atoms with van der Waals surface area (Å²) in [5.41, 5.74) is 6.98. The lowest BCUT2D eigenvalue weighted by molar-refractivity contribution is 0.476. The molecule has 2 aromatic rings. The summed E-state index contributed by atoms with van der Waals surface area (Å²) in [5.74, 6) is 1.46. The minimum absolute atomic E-state index is 0.0239. The molecule has 0 spiro atoms. The second-order valence-electron chi connectivity index (χ2n) is 5.27. The maximum atomic E-state index is 5.76. The van der Waals surface area contributed by atoms with Gasteiger partial charge in [-0.3, -0.25) is 0 Å². The number of anilines is 2. The number of nitrogens with one attached hydrogen (secondary N) is 1. The summed E-state index contributed by atoms with van der Waals surface area (Å²) in [6.45, 7) is 4.14. The monoisotopic (exact) mass is 286 g/mol. The van der Waals surface area contributed by atoms with Crippen LogP contribution in [0.5, 0.6) is 0 Å². The van der Waals surface area contributed by atoms with Gasteiger partial charge in [-0.25, -0.2) is 0 Å². The maximum Gasteiger partial charge on any atom is 0.229 e. The van der Waals surface area contributed by atoms with Crippen LogP contribution in [-0.4, -0.2) is 29.0 Å². The Labute approximate surface area is 125 Å². The molecule has 0 radical (unpaired) electrons. The zero-order valence-electron chi connectivity index (χ0n) is 12.9. The van der Waals surface area contributed by atoms with E-state index in [2.05, 4.69) is 39.3 Å². The maximum absolute atomic E-state index is 5.76. The fourth-order valence-corrected chi connectivity index (χ4v) is 2.08. The molecule has 2 rings (SSSR count). The summed E-state index contributed by atoms with van der Waals surface area (Å²) in [4.78, 5) is 14.6. The van der Waals surface area contributed by atoms with Crippen LogP contribution in [-0.2, 0) is 0 Å². The Balaban J connectivity index is 2.15. The highest BCUT2D eigenvalue weighted by Gasteiger charge is 2.15. The SMILES string of the molecule is C[C@H](N[C@H](C)c1nc(N)nc(N(C)C)n1)c1ccccc1. The zero-order chi connectivity index (χ0) is 15.4. The standard InChI is InChI=1S/C15H22N6/c1-10(12-8-6-5-7-9-12)17-11(2)13-18-14(16)20-15(19-13)21(3)4/h5-11,17H,1-4H3,(H2,16,18,19,20)/t10-,11+/m0/s1. The average Bonchev–Trinajstić information content (AvgIpc) is 2.47. The zero-order valence-corrected chi connectivity index (χ0v) is 12.9. The van der Waals surface area contributed by atoms with Gasteiger partial charge in [0, 0.05) is 20.1 Å². The second-order valence-corrected chi connectivity index (χ2v) is 5.27. The van der Waals surface area contributed by atoms with E-state index in [1.807, 2.05) is 44.1 Å². The molecule has 0 fully saturated rings. The molecule has 0 unspecified atom stereocenters. The van der Waals surface area contributed by atoms with Crippen LogP contribution < -0.4 is 16.0 Å². The first-order valence-electron chi connectivity index (χ1n) is 6.97. The molecule has 0 bridgehead atoms. The Morgan fingerprint density at radius 2 is 1.67 bits per heavy atom. The van der Waals surface area contributed by atoms with Crippen molar-refractivity contribution in [2.24, 2.45) is 0 Å². The third-order valence-electron chi connectivity index (χ3n) is 3.25. The van der Waals surface area contributed by atoms with Crippen LogP contribution in [0.2, 0.25) is 0 Å². The fourth-order valence-electron chi connectivity index (χ4n) is 2.08. The van der Waals surface area contributed by atoms with Crippen molar-refractivity contribution in [2.45, 2.75) is 25.9 Å². The number of nitrogen functional groups attached to an aromatic ring is 1. The second kappa shape index (κ2) is 6.49. The number of hydrogen-bond acceptors (Lipinski definition) is 6. The van der Waals surface area contributed by atoms with Crippen LogP contribution in [0, 0.1) is 0 Å². The molecule has 3 N–H and O–H groups in total. The van der Waals surface area contributed by atoms with Crippen molar-refractivity contribution in [1.82, 2.24) is 20.3 Å². The summed E-state index contributed by atoms with van der Waals surface area (Å²) in [6.07, 6.45) is 0. The van der Waals surface area contributed by atoms with E-state index in [0.29, 0.717) is 11.8 Å². The minimum atomic E-state index is -0.0239. The molecular weight excluding hydrogens is 264 g/mol. The third-order valence-corrected chi connectivity index (χ3v) is 3.25. The van der Waals surface area contributed by atoms with Crippen molar-refractivity contribution in [3.05, 3.63) is 41.7 Å². The Hall–Kier alpha value is -2.21. The first-order valence-corrected chi connectivity index (χ1v) is 6.97. The summed E-state index contributed by atoms with van der Waals surface area (Å²) >= 11 is 0.